The zero-order chi connectivity index (χ0) is 27.8. The zero-order valence-electron chi connectivity index (χ0n) is 24.0. The van der Waals surface area contributed by atoms with Gasteiger partial charge in [-0.3, -0.25) is 9.69 Å². The van der Waals surface area contributed by atoms with Gasteiger partial charge < -0.3 is 14.2 Å². The second-order valence-electron chi connectivity index (χ2n) is 11.7. The van der Waals surface area contributed by atoms with Gasteiger partial charge in [0.1, 0.15) is 23.9 Å². The second-order valence-corrected chi connectivity index (χ2v) is 11.7. The number of piperidine rings is 1. The summed E-state index contributed by atoms with van der Waals surface area (Å²) in [6.45, 7) is 10.1. The molecule has 0 bridgehead atoms. The molecule has 2 heterocycles. The van der Waals surface area contributed by atoms with Crippen LogP contribution in [-0.2, 0) is 23.1 Å². The molecule has 1 fully saturated rings. The molecule has 0 amide bonds. The van der Waals surface area contributed by atoms with Crippen LogP contribution in [0.2, 0.25) is 0 Å². The van der Waals surface area contributed by atoms with E-state index in [1.165, 1.54) is 12.8 Å². The number of carbonyl (C=O) groups is 1. The summed E-state index contributed by atoms with van der Waals surface area (Å²) in [4.78, 5) is 17.3. The minimum absolute atomic E-state index is 0.110. The third-order valence-corrected chi connectivity index (χ3v) is 7.20. The van der Waals surface area contributed by atoms with Crippen LogP contribution in [0.4, 0.5) is 0 Å². The summed E-state index contributed by atoms with van der Waals surface area (Å²) in [7, 11) is 4.34. The minimum Gasteiger partial charge on any atom is -0.492 e. The first-order chi connectivity index (χ1) is 18.7. The van der Waals surface area contributed by atoms with Crippen molar-refractivity contribution in [3.63, 3.8) is 0 Å². The van der Waals surface area contributed by atoms with E-state index in [0.29, 0.717) is 24.8 Å². The number of ketones is 1. The molecule has 0 spiro atoms. The Kier molecular flexibility index (Phi) is 9.61. The third-order valence-electron chi connectivity index (χ3n) is 7.20. The number of Topliss-reactive ketones (excluding diaryl/α,β-unsaturated/α-hetero) is 1. The van der Waals surface area contributed by atoms with Crippen LogP contribution in [0.3, 0.4) is 0 Å². The van der Waals surface area contributed by atoms with E-state index in [0.717, 1.165) is 47.8 Å². The fourth-order valence-electron chi connectivity index (χ4n) is 4.68. The molecular formula is C33H41N3O3. The summed E-state index contributed by atoms with van der Waals surface area (Å²) in [6, 6.07) is 18.4. The smallest absolute Gasteiger partial charge is 0.143 e. The summed E-state index contributed by atoms with van der Waals surface area (Å²) in [6.07, 6.45) is 3.09. The van der Waals surface area contributed by atoms with Crippen LogP contribution in [0.5, 0.6) is 5.75 Å². The molecule has 6 nitrogen and oxygen atoms in total. The van der Waals surface area contributed by atoms with Crippen molar-refractivity contribution in [1.82, 2.24) is 15.0 Å². The van der Waals surface area contributed by atoms with E-state index >= 15 is 0 Å². The van der Waals surface area contributed by atoms with Crippen molar-refractivity contribution in [1.29, 1.82) is 0 Å². The van der Waals surface area contributed by atoms with E-state index in [4.69, 9.17) is 9.26 Å². The van der Waals surface area contributed by atoms with Crippen molar-refractivity contribution in [3.05, 3.63) is 82.7 Å². The maximum Gasteiger partial charge on any atom is 0.143 e. The Balaban J connectivity index is 1.20. The van der Waals surface area contributed by atoms with Gasteiger partial charge in [0, 0.05) is 41.6 Å². The van der Waals surface area contributed by atoms with E-state index in [1.807, 2.05) is 54.6 Å². The number of aromatic nitrogens is 1. The van der Waals surface area contributed by atoms with Crippen LogP contribution < -0.4 is 4.74 Å². The summed E-state index contributed by atoms with van der Waals surface area (Å²) < 4.78 is 11.3. The van der Waals surface area contributed by atoms with Gasteiger partial charge in [-0.25, -0.2) is 0 Å². The molecule has 0 aliphatic carbocycles. The highest BCUT2D eigenvalue weighted by atomic mass is 16.5. The predicted octanol–water partition coefficient (Wildman–Crippen LogP) is 5.13. The van der Waals surface area contributed by atoms with Crippen LogP contribution in [-0.4, -0.2) is 67.1 Å². The standard InChI is InChI=1S/C33H41N3O3/c1-33(2,3)32-24-28(34-39-32)23-30(37)22-27-10-8-25(9-11-27)6-7-26-12-14-31(15-13-26)38-21-20-36-18-16-29(17-19-36)35(4)5/h8-15,24,29H,16-23H2,1-5H3. The average molecular weight is 528 g/mol. The maximum atomic E-state index is 12.5. The van der Waals surface area contributed by atoms with Crippen LogP contribution in [0.15, 0.2) is 59.1 Å². The molecule has 206 valence electrons. The van der Waals surface area contributed by atoms with Crippen molar-refractivity contribution in [2.45, 2.75) is 57.9 Å². The van der Waals surface area contributed by atoms with Gasteiger partial charge in [0.25, 0.3) is 0 Å². The number of likely N-dealkylation sites (tertiary alicyclic amines) is 1. The molecule has 1 aliphatic rings. The molecule has 0 unspecified atom stereocenters. The van der Waals surface area contributed by atoms with Crippen molar-refractivity contribution in [2.24, 2.45) is 0 Å². The number of ether oxygens (including phenoxy) is 1. The van der Waals surface area contributed by atoms with Crippen LogP contribution in [0.25, 0.3) is 0 Å². The summed E-state index contributed by atoms with van der Waals surface area (Å²) >= 11 is 0. The molecule has 1 aliphatic heterocycles. The Bertz CT molecular complexity index is 1270. The fraction of sp³-hybridized carbons (Fsp3) is 0.455. The molecule has 3 aromatic rings. The summed E-state index contributed by atoms with van der Waals surface area (Å²) in [5, 5.41) is 4.05. The van der Waals surface area contributed by atoms with E-state index < -0.39 is 0 Å². The van der Waals surface area contributed by atoms with Crippen molar-refractivity contribution in [2.75, 3.05) is 40.3 Å². The first kappa shape index (κ1) is 28.6. The van der Waals surface area contributed by atoms with Crippen molar-refractivity contribution < 1.29 is 14.1 Å². The van der Waals surface area contributed by atoms with Gasteiger partial charge in [-0.1, -0.05) is 49.9 Å². The molecule has 39 heavy (non-hydrogen) atoms. The lowest BCUT2D eigenvalue weighted by atomic mass is 9.93. The molecule has 4 rings (SSSR count). The molecule has 0 saturated carbocycles. The first-order valence-corrected chi connectivity index (χ1v) is 13.9. The molecule has 1 aromatic heterocycles. The molecule has 0 atom stereocenters. The van der Waals surface area contributed by atoms with E-state index in [-0.39, 0.29) is 17.6 Å². The van der Waals surface area contributed by atoms with E-state index in [1.54, 1.807) is 0 Å². The van der Waals surface area contributed by atoms with Crippen LogP contribution in [0, 0.1) is 11.8 Å². The van der Waals surface area contributed by atoms with Crippen LogP contribution in [0.1, 0.15) is 61.8 Å². The Labute approximate surface area is 233 Å². The van der Waals surface area contributed by atoms with E-state index in [9.17, 15) is 4.79 Å². The SMILES string of the molecule is CN(C)C1CCN(CCOc2ccc(C#Cc3ccc(CC(=O)Cc4cc(C(C)(C)C)on4)cc3)cc2)CC1. The molecular weight excluding hydrogens is 486 g/mol. The Morgan fingerprint density at radius 2 is 1.62 bits per heavy atom. The Morgan fingerprint density at radius 1 is 1.00 bits per heavy atom. The van der Waals surface area contributed by atoms with Gasteiger partial charge in [-0.05, 0) is 82.0 Å². The lowest BCUT2D eigenvalue weighted by Crippen LogP contribution is -2.43. The lowest BCUT2D eigenvalue weighted by molar-refractivity contribution is -0.117. The zero-order valence-corrected chi connectivity index (χ0v) is 24.0. The van der Waals surface area contributed by atoms with Gasteiger partial charge in [-0.15, -0.1) is 0 Å². The highest BCUT2D eigenvalue weighted by Gasteiger charge is 2.21. The van der Waals surface area contributed by atoms with Gasteiger partial charge in [0.2, 0.25) is 0 Å². The Hall–Kier alpha value is -3.40. The van der Waals surface area contributed by atoms with Gasteiger partial charge in [-0.2, -0.15) is 0 Å². The Morgan fingerprint density at radius 3 is 2.18 bits per heavy atom. The molecule has 2 aromatic carbocycles. The molecule has 1 saturated heterocycles. The van der Waals surface area contributed by atoms with E-state index in [2.05, 4.69) is 61.7 Å². The monoisotopic (exact) mass is 527 g/mol. The highest BCUT2D eigenvalue weighted by Crippen LogP contribution is 2.23. The first-order valence-electron chi connectivity index (χ1n) is 13.9. The average Bonchev–Trinajstić information content (AvgIpc) is 3.38. The number of carbonyl (C=O) groups excluding carboxylic acids is 1. The van der Waals surface area contributed by atoms with Gasteiger partial charge in [0.05, 0.1) is 12.1 Å². The number of benzene rings is 2. The normalized spacial score (nSPS) is 14.7. The third kappa shape index (κ3) is 8.81. The minimum atomic E-state index is -0.121. The summed E-state index contributed by atoms with van der Waals surface area (Å²) in [5.41, 5.74) is 3.38. The fourth-order valence-corrected chi connectivity index (χ4v) is 4.68. The quantitative estimate of drug-likeness (QED) is 0.360. The van der Waals surface area contributed by atoms with Gasteiger partial charge >= 0.3 is 0 Å². The molecule has 6 heteroatoms. The topological polar surface area (TPSA) is 58.8 Å². The largest absolute Gasteiger partial charge is 0.492 e. The number of hydrogen-bond donors (Lipinski definition) is 0. The second kappa shape index (κ2) is 13.1. The number of rotatable bonds is 9. The van der Waals surface area contributed by atoms with Crippen LogP contribution >= 0.6 is 0 Å². The summed E-state index contributed by atoms with van der Waals surface area (Å²) in [5.74, 6) is 8.20. The van der Waals surface area contributed by atoms with Crippen molar-refractivity contribution >= 4 is 5.78 Å². The van der Waals surface area contributed by atoms with Crippen molar-refractivity contribution in [3.8, 4) is 17.6 Å². The lowest BCUT2D eigenvalue weighted by Gasteiger charge is -2.35. The van der Waals surface area contributed by atoms with Gasteiger partial charge in [0.15, 0.2) is 0 Å². The number of nitrogens with zero attached hydrogens (tertiary/aromatic N) is 3. The maximum absolute atomic E-state index is 12.5. The molecule has 0 N–H and O–H groups in total. The predicted molar refractivity (Wildman–Crippen MR) is 155 cm³/mol. The molecule has 0 radical (unpaired) electrons. The highest BCUT2D eigenvalue weighted by molar-refractivity contribution is 5.82. The number of hydrogen-bond acceptors (Lipinski definition) is 6.